The summed E-state index contributed by atoms with van der Waals surface area (Å²) in [6.45, 7) is 4.59. The minimum atomic E-state index is -0.00924. The monoisotopic (exact) mass is 285 g/mol. The standard InChI is InChI=1S/C13H23N3O2S/c1-3-4-7-16(8-9-18-2)13(17)11-10-19-12(15-11)5-6-14/h10H,3-9,14H2,1-2H3. The molecule has 2 N–H and O–H groups in total. The van der Waals surface area contributed by atoms with Crippen molar-refractivity contribution in [2.24, 2.45) is 5.73 Å². The van der Waals surface area contributed by atoms with Crippen LogP contribution >= 0.6 is 11.3 Å². The van der Waals surface area contributed by atoms with Gasteiger partial charge < -0.3 is 15.4 Å². The Morgan fingerprint density at radius 1 is 1.53 bits per heavy atom. The molecule has 1 amide bonds. The number of methoxy groups -OCH3 is 1. The fourth-order valence-electron chi connectivity index (χ4n) is 1.67. The Kier molecular flexibility index (Phi) is 7.62. The maximum absolute atomic E-state index is 12.4. The molecule has 0 spiro atoms. The number of unbranched alkanes of at least 4 members (excludes halogenated alkanes) is 1. The molecule has 0 saturated heterocycles. The van der Waals surface area contributed by atoms with Gasteiger partial charge >= 0.3 is 0 Å². The summed E-state index contributed by atoms with van der Waals surface area (Å²) in [5.41, 5.74) is 6.02. The predicted molar refractivity (Wildman–Crippen MR) is 77.6 cm³/mol. The normalized spacial score (nSPS) is 10.7. The van der Waals surface area contributed by atoms with Gasteiger partial charge in [0.05, 0.1) is 11.6 Å². The van der Waals surface area contributed by atoms with Crippen molar-refractivity contribution in [2.45, 2.75) is 26.2 Å². The fraction of sp³-hybridized carbons (Fsp3) is 0.692. The van der Waals surface area contributed by atoms with Gasteiger partial charge in [-0.3, -0.25) is 4.79 Å². The molecule has 0 fully saturated rings. The molecule has 0 aliphatic carbocycles. The Hall–Kier alpha value is -0.980. The van der Waals surface area contributed by atoms with Crippen LogP contribution in [0.25, 0.3) is 0 Å². The molecule has 0 aromatic carbocycles. The number of hydrogen-bond acceptors (Lipinski definition) is 5. The van der Waals surface area contributed by atoms with Gasteiger partial charge in [-0.15, -0.1) is 11.3 Å². The van der Waals surface area contributed by atoms with Gasteiger partial charge in [-0.25, -0.2) is 4.98 Å². The highest BCUT2D eigenvalue weighted by Crippen LogP contribution is 2.12. The Balaban J connectivity index is 2.66. The number of ether oxygens (including phenoxy) is 1. The van der Waals surface area contributed by atoms with Gasteiger partial charge in [0.15, 0.2) is 0 Å². The van der Waals surface area contributed by atoms with Crippen LogP contribution in [0, 0.1) is 0 Å². The van der Waals surface area contributed by atoms with Crippen molar-refractivity contribution in [3.05, 3.63) is 16.1 Å². The molecule has 1 heterocycles. The van der Waals surface area contributed by atoms with E-state index in [2.05, 4.69) is 11.9 Å². The van der Waals surface area contributed by atoms with Crippen molar-refractivity contribution >= 4 is 17.2 Å². The summed E-state index contributed by atoms with van der Waals surface area (Å²) in [6.07, 6.45) is 2.78. The number of rotatable bonds is 9. The van der Waals surface area contributed by atoms with Crippen LogP contribution in [0.4, 0.5) is 0 Å². The molecule has 6 heteroatoms. The van der Waals surface area contributed by atoms with Gasteiger partial charge in [-0.05, 0) is 13.0 Å². The molecule has 0 unspecified atom stereocenters. The maximum atomic E-state index is 12.4. The molecule has 1 aromatic heterocycles. The summed E-state index contributed by atoms with van der Waals surface area (Å²) in [4.78, 5) is 18.5. The van der Waals surface area contributed by atoms with E-state index in [4.69, 9.17) is 10.5 Å². The second-order valence-electron chi connectivity index (χ2n) is 4.30. The third kappa shape index (κ3) is 5.26. The maximum Gasteiger partial charge on any atom is 0.273 e. The van der Waals surface area contributed by atoms with Crippen LogP contribution in [0.2, 0.25) is 0 Å². The van der Waals surface area contributed by atoms with Crippen LogP contribution < -0.4 is 5.73 Å². The van der Waals surface area contributed by atoms with E-state index in [-0.39, 0.29) is 5.91 Å². The lowest BCUT2D eigenvalue weighted by Gasteiger charge is -2.21. The number of carbonyl (C=O) groups excluding carboxylic acids is 1. The van der Waals surface area contributed by atoms with Crippen LogP contribution in [-0.4, -0.2) is 49.1 Å². The van der Waals surface area contributed by atoms with Gasteiger partial charge in [0.1, 0.15) is 5.69 Å². The Morgan fingerprint density at radius 3 is 2.95 bits per heavy atom. The van der Waals surface area contributed by atoms with Crippen LogP contribution in [0.15, 0.2) is 5.38 Å². The van der Waals surface area contributed by atoms with Crippen LogP contribution in [0.5, 0.6) is 0 Å². The molecule has 1 rings (SSSR count). The van der Waals surface area contributed by atoms with Crippen molar-refractivity contribution in [1.29, 1.82) is 0 Å². The fourth-order valence-corrected chi connectivity index (χ4v) is 2.46. The van der Waals surface area contributed by atoms with E-state index in [0.717, 1.165) is 30.8 Å². The highest BCUT2D eigenvalue weighted by Gasteiger charge is 2.17. The van der Waals surface area contributed by atoms with E-state index in [0.29, 0.717) is 25.4 Å². The highest BCUT2D eigenvalue weighted by molar-refractivity contribution is 7.09. The zero-order valence-corrected chi connectivity index (χ0v) is 12.5. The first-order valence-electron chi connectivity index (χ1n) is 6.65. The lowest BCUT2D eigenvalue weighted by atomic mass is 10.3. The summed E-state index contributed by atoms with van der Waals surface area (Å²) in [5.74, 6) is -0.00924. The van der Waals surface area contributed by atoms with Crippen molar-refractivity contribution < 1.29 is 9.53 Å². The number of nitrogens with two attached hydrogens (primary N) is 1. The second-order valence-corrected chi connectivity index (χ2v) is 5.25. The SMILES string of the molecule is CCCCN(CCOC)C(=O)c1csc(CCN)n1. The Labute approximate surface area is 118 Å². The predicted octanol–water partition coefficient (Wildman–Crippen LogP) is 1.53. The number of thiazole rings is 1. The van der Waals surface area contributed by atoms with E-state index in [1.165, 1.54) is 11.3 Å². The van der Waals surface area contributed by atoms with Crippen molar-refractivity contribution in [1.82, 2.24) is 9.88 Å². The smallest absolute Gasteiger partial charge is 0.273 e. The number of carbonyl (C=O) groups is 1. The molecule has 0 aliphatic heterocycles. The summed E-state index contributed by atoms with van der Waals surface area (Å²) in [6, 6.07) is 0. The average Bonchev–Trinajstić information content (AvgIpc) is 2.87. The van der Waals surface area contributed by atoms with E-state index >= 15 is 0 Å². The molecular formula is C13H23N3O2S. The summed E-state index contributed by atoms with van der Waals surface area (Å²) < 4.78 is 5.05. The summed E-state index contributed by atoms with van der Waals surface area (Å²) in [5, 5.41) is 2.74. The summed E-state index contributed by atoms with van der Waals surface area (Å²) >= 11 is 1.50. The first-order valence-corrected chi connectivity index (χ1v) is 7.53. The third-order valence-corrected chi connectivity index (χ3v) is 3.67. The first-order chi connectivity index (χ1) is 9.22. The van der Waals surface area contributed by atoms with Gasteiger partial charge in [0.2, 0.25) is 0 Å². The second kappa shape index (κ2) is 9.01. The molecule has 5 nitrogen and oxygen atoms in total. The number of nitrogens with zero attached hydrogens (tertiary/aromatic N) is 2. The lowest BCUT2D eigenvalue weighted by molar-refractivity contribution is 0.0688. The third-order valence-electron chi connectivity index (χ3n) is 2.76. The molecule has 19 heavy (non-hydrogen) atoms. The number of aromatic nitrogens is 1. The van der Waals surface area contributed by atoms with Gasteiger partial charge in [0.25, 0.3) is 5.91 Å². The van der Waals surface area contributed by atoms with Crippen LogP contribution in [-0.2, 0) is 11.2 Å². The largest absolute Gasteiger partial charge is 0.383 e. The zero-order valence-electron chi connectivity index (χ0n) is 11.7. The van der Waals surface area contributed by atoms with Crippen molar-refractivity contribution in [3.8, 4) is 0 Å². The number of amides is 1. The van der Waals surface area contributed by atoms with E-state index in [1.54, 1.807) is 7.11 Å². The molecule has 0 radical (unpaired) electrons. The average molecular weight is 285 g/mol. The highest BCUT2D eigenvalue weighted by atomic mass is 32.1. The quantitative estimate of drug-likeness (QED) is 0.747. The van der Waals surface area contributed by atoms with Crippen molar-refractivity contribution in [2.75, 3.05) is 33.4 Å². The van der Waals surface area contributed by atoms with Crippen molar-refractivity contribution in [3.63, 3.8) is 0 Å². The summed E-state index contributed by atoms with van der Waals surface area (Å²) in [7, 11) is 1.64. The van der Waals surface area contributed by atoms with Crippen LogP contribution in [0.3, 0.4) is 0 Å². The minimum absolute atomic E-state index is 0.00924. The molecule has 0 atom stereocenters. The first kappa shape index (κ1) is 16.1. The van der Waals surface area contributed by atoms with E-state index in [1.807, 2.05) is 10.3 Å². The lowest BCUT2D eigenvalue weighted by Crippen LogP contribution is -2.35. The van der Waals surface area contributed by atoms with Gasteiger partial charge in [0, 0.05) is 32.0 Å². The molecule has 0 bridgehead atoms. The van der Waals surface area contributed by atoms with E-state index < -0.39 is 0 Å². The Bertz CT molecular complexity index is 374. The van der Waals surface area contributed by atoms with Gasteiger partial charge in [-0.1, -0.05) is 13.3 Å². The number of hydrogen-bond donors (Lipinski definition) is 1. The molecule has 1 aromatic rings. The van der Waals surface area contributed by atoms with Gasteiger partial charge in [-0.2, -0.15) is 0 Å². The minimum Gasteiger partial charge on any atom is -0.383 e. The Morgan fingerprint density at radius 2 is 2.32 bits per heavy atom. The topological polar surface area (TPSA) is 68.5 Å². The van der Waals surface area contributed by atoms with Crippen LogP contribution in [0.1, 0.15) is 35.3 Å². The zero-order chi connectivity index (χ0) is 14.1. The molecule has 108 valence electrons. The molecule has 0 saturated carbocycles. The van der Waals surface area contributed by atoms with E-state index in [9.17, 15) is 4.79 Å². The molecular weight excluding hydrogens is 262 g/mol. The molecule has 0 aliphatic rings.